The molecule has 0 heterocycles. The van der Waals surface area contributed by atoms with Gasteiger partial charge in [0.05, 0.1) is 25.5 Å². The predicted molar refractivity (Wildman–Crippen MR) is 98.4 cm³/mol. The summed E-state index contributed by atoms with van der Waals surface area (Å²) < 4.78 is 10.2. The van der Waals surface area contributed by atoms with Crippen LogP contribution in [0.25, 0.3) is 0 Å². The molecule has 0 aromatic heterocycles. The Morgan fingerprint density at radius 2 is 1.77 bits per heavy atom. The van der Waals surface area contributed by atoms with Crippen molar-refractivity contribution in [3.05, 3.63) is 47.5 Å². The number of phenols is 1. The largest absolute Gasteiger partial charge is 0.507 e. The molecule has 138 valence electrons. The number of ether oxygens (including phenoxy) is 2. The molecule has 2 aromatic carbocycles. The Balaban J connectivity index is 1.96. The number of urea groups is 1. The topological polar surface area (TPSA) is 96.9 Å². The minimum absolute atomic E-state index is 0.110. The molecule has 0 aliphatic carbocycles. The minimum atomic E-state index is -0.433. The molecule has 2 aromatic rings. The summed E-state index contributed by atoms with van der Waals surface area (Å²) >= 11 is 0. The lowest BCUT2D eigenvalue weighted by Gasteiger charge is -2.13. The highest BCUT2D eigenvalue weighted by molar-refractivity contribution is 6.00. The molecule has 0 bridgehead atoms. The Hall–Kier alpha value is -3.22. The fourth-order valence-electron chi connectivity index (χ4n) is 2.40. The summed E-state index contributed by atoms with van der Waals surface area (Å²) in [4.78, 5) is 23.6. The maximum Gasteiger partial charge on any atom is 0.319 e. The highest BCUT2D eigenvalue weighted by Crippen LogP contribution is 2.32. The number of aromatic hydroxyl groups is 1. The van der Waals surface area contributed by atoms with E-state index in [1.54, 1.807) is 7.11 Å². The molecule has 2 amide bonds. The van der Waals surface area contributed by atoms with Crippen molar-refractivity contribution in [1.82, 2.24) is 5.32 Å². The van der Waals surface area contributed by atoms with Gasteiger partial charge >= 0.3 is 6.03 Å². The van der Waals surface area contributed by atoms with Crippen LogP contribution in [0.1, 0.15) is 22.8 Å². The molecule has 0 radical (unpaired) electrons. The molecule has 0 aliphatic heterocycles. The van der Waals surface area contributed by atoms with Crippen LogP contribution >= 0.6 is 0 Å². The third kappa shape index (κ3) is 4.89. The van der Waals surface area contributed by atoms with E-state index in [9.17, 15) is 14.7 Å². The quantitative estimate of drug-likeness (QED) is 0.522. The first-order valence-electron chi connectivity index (χ1n) is 8.04. The van der Waals surface area contributed by atoms with Crippen molar-refractivity contribution < 1.29 is 24.2 Å². The molecule has 26 heavy (non-hydrogen) atoms. The third-order valence-corrected chi connectivity index (χ3v) is 3.80. The van der Waals surface area contributed by atoms with Crippen molar-refractivity contribution in [3.8, 4) is 17.2 Å². The summed E-state index contributed by atoms with van der Waals surface area (Å²) in [6, 6.07) is 9.83. The van der Waals surface area contributed by atoms with Gasteiger partial charge in [0.25, 0.3) is 0 Å². The lowest BCUT2D eigenvalue weighted by atomic mass is 10.1. The molecule has 0 fully saturated rings. The van der Waals surface area contributed by atoms with Gasteiger partial charge in [0.15, 0.2) is 5.78 Å². The zero-order valence-electron chi connectivity index (χ0n) is 15.0. The molecule has 0 unspecified atom stereocenters. The molecule has 3 N–H and O–H groups in total. The van der Waals surface area contributed by atoms with Gasteiger partial charge in [-0.15, -0.1) is 0 Å². The highest BCUT2D eigenvalue weighted by atomic mass is 16.5. The van der Waals surface area contributed by atoms with Crippen molar-refractivity contribution in [2.45, 2.75) is 13.3 Å². The summed E-state index contributed by atoms with van der Waals surface area (Å²) in [6.45, 7) is 1.76. The number of hydrogen-bond donors (Lipinski definition) is 3. The molecule has 7 nitrogen and oxygen atoms in total. The van der Waals surface area contributed by atoms with Crippen LogP contribution in [-0.2, 0) is 6.42 Å². The van der Waals surface area contributed by atoms with Crippen LogP contribution in [0, 0.1) is 0 Å². The lowest BCUT2D eigenvalue weighted by Crippen LogP contribution is -2.30. The van der Waals surface area contributed by atoms with E-state index in [4.69, 9.17) is 9.47 Å². The number of hydrogen-bond acceptors (Lipinski definition) is 5. The zero-order chi connectivity index (χ0) is 19.1. The van der Waals surface area contributed by atoms with Gasteiger partial charge in [-0.3, -0.25) is 4.79 Å². The minimum Gasteiger partial charge on any atom is -0.507 e. The van der Waals surface area contributed by atoms with Gasteiger partial charge in [-0.25, -0.2) is 4.79 Å². The summed E-state index contributed by atoms with van der Waals surface area (Å²) in [5, 5.41) is 15.2. The number of anilines is 1. The molecule has 0 spiro atoms. The van der Waals surface area contributed by atoms with Crippen LogP contribution in [0.4, 0.5) is 10.5 Å². The van der Waals surface area contributed by atoms with Crippen molar-refractivity contribution >= 4 is 17.5 Å². The van der Waals surface area contributed by atoms with Gasteiger partial charge in [-0.2, -0.15) is 0 Å². The Kier molecular flexibility index (Phi) is 6.43. The molecular weight excluding hydrogens is 336 g/mol. The van der Waals surface area contributed by atoms with E-state index in [1.807, 2.05) is 24.3 Å². The standard InChI is InChI=1S/C19H22N2O5/c1-12(22)15-10-16(18(26-3)11-17(15)23)21-19(24)20-9-8-13-4-6-14(25-2)7-5-13/h4-7,10-11,23H,8-9H2,1-3H3,(H2,20,21,24). The van der Waals surface area contributed by atoms with E-state index in [1.165, 1.54) is 26.2 Å². The van der Waals surface area contributed by atoms with Crippen LogP contribution in [0.5, 0.6) is 17.2 Å². The fraction of sp³-hybridized carbons (Fsp3) is 0.263. The second-order valence-electron chi connectivity index (χ2n) is 5.60. The molecule has 0 aliphatic rings. The first kappa shape index (κ1) is 19.1. The molecule has 0 saturated carbocycles. The average Bonchev–Trinajstić information content (AvgIpc) is 2.63. The summed E-state index contributed by atoms with van der Waals surface area (Å²) in [6.07, 6.45) is 0.656. The van der Waals surface area contributed by atoms with Crippen LogP contribution in [0.3, 0.4) is 0 Å². The number of methoxy groups -OCH3 is 2. The Bertz CT molecular complexity index is 787. The molecule has 0 saturated heterocycles. The van der Waals surface area contributed by atoms with Crippen LogP contribution in [-0.4, -0.2) is 37.7 Å². The highest BCUT2D eigenvalue weighted by Gasteiger charge is 2.14. The van der Waals surface area contributed by atoms with Gasteiger partial charge < -0.3 is 25.2 Å². The molecule has 7 heteroatoms. The Morgan fingerprint density at radius 1 is 1.08 bits per heavy atom. The van der Waals surface area contributed by atoms with Crippen molar-refractivity contribution in [3.63, 3.8) is 0 Å². The molecule has 2 rings (SSSR count). The summed E-state index contributed by atoms with van der Waals surface area (Å²) in [7, 11) is 3.02. The second-order valence-corrected chi connectivity index (χ2v) is 5.60. The predicted octanol–water partition coefficient (Wildman–Crippen LogP) is 2.98. The first-order chi connectivity index (χ1) is 12.4. The smallest absolute Gasteiger partial charge is 0.319 e. The number of benzene rings is 2. The molecule has 0 atom stereocenters. The van der Waals surface area contributed by atoms with Gasteiger partial charge in [0.1, 0.15) is 17.2 Å². The van der Waals surface area contributed by atoms with E-state index in [2.05, 4.69) is 10.6 Å². The van der Waals surface area contributed by atoms with Gasteiger partial charge in [0.2, 0.25) is 0 Å². The zero-order valence-corrected chi connectivity index (χ0v) is 15.0. The number of Topliss-reactive ketones (excluding diaryl/α,β-unsaturated/α-hetero) is 1. The third-order valence-electron chi connectivity index (χ3n) is 3.80. The lowest BCUT2D eigenvalue weighted by molar-refractivity contribution is 0.101. The number of ketones is 1. The maximum atomic E-state index is 12.1. The van der Waals surface area contributed by atoms with E-state index in [0.717, 1.165) is 11.3 Å². The number of rotatable bonds is 7. The number of carbonyl (C=O) groups excluding carboxylic acids is 2. The summed E-state index contributed by atoms with van der Waals surface area (Å²) in [5.41, 5.74) is 1.48. The van der Waals surface area contributed by atoms with Gasteiger partial charge in [0, 0.05) is 12.6 Å². The van der Waals surface area contributed by atoms with Crippen LogP contribution in [0.15, 0.2) is 36.4 Å². The van der Waals surface area contributed by atoms with E-state index in [-0.39, 0.29) is 22.8 Å². The monoisotopic (exact) mass is 358 g/mol. The van der Waals surface area contributed by atoms with E-state index < -0.39 is 6.03 Å². The van der Waals surface area contributed by atoms with Gasteiger partial charge in [-0.1, -0.05) is 12.1 Å². The number of nitrogens with one attached hydrogen (secondary N) is 2. The van der Waals surface area contributed by atoms with Crippen molar-refractivity contribution in [2.75, 3.05) is 26.1 Å². The Labute approximate surface area is 151 Å². The SMILES string of the molecule is COc1ccc(CCNC(=O)Nc2cc(C(C)=O)c(O)cc2OC)cc1. The first-order valence-corrected chi connectivity index (χ1v) is 8.04. The van der Waals surface area contributed by atoms with Crippen LogP contribution < -0.4 is 20.1 Å². The number of carbonyl (C=O) groups is 2. The normalized spacial score (nSPS) is 10.1. The molecular formula is C19H22N2O5. The summed E-state index contributed by atoms with van der Waals surface area (Å²) in [5.74, 6) is 0.533. The van der Waals surface area contributed by atoms with Crippen LogP contribution in [0.2, 0.25) is 0 Å². The second kappa shape index (κ2) is 8.75. The average molecular weight is 358 g/mol. The number of phenolic OH excluding ortho intramolecular Hbond substituents is 1. The van der Waals surface area contributed by atoms with E-state index >= 15 is 0 Å². The van der Waals surface area contributed by atoms with E-state index in [0.29, 0.717) is 18.7 Å². The Morgan fingerprint density at radius 3 is 2.35 bits per heavy atom. The fourth-order valence-corrected chi connectivity index (χ4v) is 2.40. The number of amides is 2. The maximum absolute atomic E-state index is 12.1. The van der Waals surface area contributed by atoms with Gasteiger partial charge in [-0.05, 0) is 37.1 Å². The van der Waals surface area contributed by atoms with Crippen molar-refractivity contribution in [2.24, 2.45) is 0 Å². The van der Waals surface area contributed by atoms with Crippen molar-refractivity contribution in [1.29, 1.82) is 0 Å².